The summed E-state index contributed by atoms with van der Waals surface area (Å²) in [7, 11) is 0. The van der Waals surface area contributed by atoms with Crippen LogP contribution in [0.2, 0.25) is 0 Å². The van der Waals surface area contributed by atoms with E-state index in [2.05, 4.69) is 26.2 Å². The lowest BCUT2D eigenvalue weighted by Crippen LogP contribution is -2.09. The van der Waals surface area contributed by atoms with E-state index in [1.807, 2.05) is 6.92 Å². The number of hydrogen-bond acceptors (Lipinski definition) is 7. The van der Waals surface area contributed by atoms with Crippen molar-refractivity contribution in [2.45, 2.75) is 19.6 Å². The highest BCUT2D eigenvalue weighted by Crippen LogP contribution is 2.34. The van der Waals surface area contributed by atoms with Crippen LogP contribution < -0.4 is 5.73 Å². The van der Waals surface area contributed by atoms with Gasteiger partial charge in [0.15, 0.2) is 17.3 Å². The second-order valence-corrected chi connectivity index (χ2v) is 7.66. The molecule has 11 heteroatoms. The standard InChI is InChI=1S/C24H18F2N8O/c1-2-33-17(9-10-29-33)20-19(14-6-3-5-13(11-14)12-27)30-22(28)24-31-23(32-34(20)24)21(35)18-15(25)7-4-8-16(18)26/h3-11,21,35H,2H2,1H3,(H2,28,30). The molecule has 0 saturated heterocycles. The Balaban J connectivity index is 1.81. The van der Waals surface area contributed by atoms with Gasteiger partial charge < -0.3 is 10.8 Å². The van der Waals surface area contributed by atoms with E-state index >= 15 is 0 Å². The number of nitrogen functional groups attached to an aromatic ring is 1. The first-order chi connectivity index (χ1) is 16.9. The molecule has 1 atom stereocenters. The molecule has 174 valence electrons. The Labute approximate surface area is 197 Å². The van der Waals surface area contributed by atoms with Crippen LogP contribution in [0.15, 0.2) is 54.7 Å². The Morgan fingerprint density at radius 3 is 2.57 bits per heavy atom. The lowest BCUT2D eigenvalue weighted by molar-refractivity contribution is 0.199. The maximum atomic E-state index is 14.3. The third-order valence-electron chi connectivity index (χ3n) is 5.56. The number of benzene rings is 2. The topological polar surface area (TPSA) is 131 Å². The van der Waals surface area contributed by atoms with Gasteiger partial charge in [-0.25, -0.2) is 23.3 Å². The number of hydrogen-bond donors (Lipinski definition) is 2. The highest BCUT2D eigenvalue weighted by molar-refractivity contribution is 5.82. The maximum Gasteiger partial charge on any atom is 0.199 e. The van der Waals surface area contributed by atoms with E-state index in [4.69, 9.17) is 5.73 Å². The van der Waals surface area contributed by atoms with Gasteiger partial charge in [0.25, 0.3) is 0 Å². The van der Waals surface area contributed by atoms with Crippen molar-refractivity contribution >= 4 is 11.5 Å². The number of aromatic nitrogens is 6. The van der Waals surface area contributed by atoms with Crippen LogP contribution in [0.4, 0.5) is 14.6 Å². The summed E-state index contributed by atoms with van der Waals surface area (Å²) in [4.78, 5) is 8.80. The second-order valence-electron chi connectivity index (χ2n) is 7.66. The van der Waals surface area contributed by atoms with Crippen molar-refractivity contribution in [1.82, 2.24) is 29.4 Å². The third kappa shape index (κ3) is 3.66. The van der Waals surface area contributed by atoms with Crippen molar-refractivity contribution in [2.24, 2.45) is 0 Å². The number of halogens is 2. The molecule has 0 saturated carbocycles. The van der Waals surface area contributed by atoms with Crippen LogP contribution in [-0.4, -0.2) is 34.5 Å². The number of rotatable bonds is 5. The minimum absolute atomic E-state index is 0.0198. The highest BCUT2D eigenvalue weighted by atomic mass is 19.1. The van der Waals surface area contributed by atoms with Gasteiger partial charge in [0.05, 0.1) is 22.9 Å². The van der Waals surface area contributed by atoms with Crippen LogP contribution in [0, 0.1) is 23.0 Å². The van der Waals surface area contributed by atoms with Gasteiger partial charge in [0.2, 0.25) is 0 Å². The fraction of sp³-hybridized carbons (Fsp3) is 0.125. The van der Waals surface area contributed by atoms with Gasteiger partial charge in [-0.15, -0.1) is 5.10 Å². The van der Waals surface area contributed by atoms with Gasteiger partial charge >= 0.3 is 0 Å². The predicted molar refractivity (Wildman–Crippen MR) is 123 cm³/mol. The number of fused-ring (bicyclic) bond motifs is 1. The molecule has 0 fully saturated rings. The lowest BCUT2D eigenvalue weighted by Gasteiger charge is -2.13. The van der Waals surface area contributed by atoms with Crippen LogP contribution in [0.5, 0.6) is 0 Å². The maximum absolute atomic E-state index is 14.3. The zero-order valence-electron chi connectivity index (χ0n) is 18.4. The van der Waals surface area contributed by atoms with E-state index in [0.717, 1.165) is 12.1 Å². The molecule has 0 amide bonds. The Morgan fingerprint density at radius 2 is 1.86 bits per heavy atom. The van der Waals surface area contributed by atoms with Crippen molar-refractivity contribution in [2.75, 3.05) is 5.73 Å². The van der Waals surface area contributed by atoms with E-state index in [1.165, 1.54) is 10.6 Å². The molecule has 0 aliphatic carbocycles. The van der Waals surface area contributed by atoms with Gasteiger partial charge in [-0.3, -0.25) is 4.68 Å². The molecule has 2 aromatic carbocycles. The first-order valence-electron chi connectivity index (χ1n) is 10.6. The monoisotopic (exact) mass is 472 g/mol. The molecule has 0 radical (unpaired) electrons. The molecular formula is C24H18F2N8O. The number of aliphatic hydroxyl groups is 1. The second kappa shape index (κ2) is 8.58. The van der Waals surface area contributed by atoms with Crippen LogP contribution in [0.1, 0.15) is 30.0 Å². The van der Waals surface area contributed by atoms with Crippen molar-refractivity contribution in [3.05, 3.63) is 83.3 Å². The third-order valence-corrected chi connectivity index (χ3v) is 5.56. The Hall–Kier alpha value is -4.69. The molecule has 0 aliphatic rings. The van der Waals surface area contributed by atoms with Crippen LogP contribution in [0.25, 0.3) is 28.3 Å². The van der Waals surface area contributed by atoms with Gasteiger partial charge in [0, 0.05) is 18.3 Å². The molecule has 5 aromatic rings. The normalized spacial score (nSPS) is 12.1. The van der Waals surface area contributed by atoms with Gasteiger partial charge in [0.1, 0.15) is 29.1 Å². The Kier molecular flexibility index (Phi) is 5.43. The minimum atomic E-state index is -1.79. The van der Waals surface area contributed by atoms with Crippen LogP contribution >= 0.6 is 0 Å². The quantitative estimate of drug-likeness (QED) is 0.400. The van der Waals surface area contributed by atoms with E-state index in [1.54, 1.807) is 41.2 Å². The van der Waals surface area contributed by atoms with E-state index in [9.17, 15) is 19.1 Å². The Morgan fingerprint density at radius 1 is 1.11 bits per heavy atom. The summed E-state index contributed by atoms with van der Waals surface area (Å²) in [5, 5.41) is 28.9. The number of aryl methyl sites for hydroxylation is 1. The van der Waals surface area contributed by atoms with Crippen molar-refractivity contribution in [3.8, 4) is 28.7 Å². The fourth-order valence-electron chi connectivity index (χ4n) is 3.94. The number of nitrogens with two attached hydrogens (primary N) is 1. The summed E-state index contributed by atoms with van der Waals surface area (Å²) < 4.78 is 31.8. The van der Waals surface area contributed by atoms with Gasteiger partial charge in [-0.05, 0) is 37.3 Å². The largest absolute Gasteiger partial charge is 0.381 e. The smallest absolute Gasteiger partial charge is 0.199 e. The van der Waals surface area contributed by atoms with Crippen molar-refractivity contribution in [1.29, 1.82) is 5.26 Å². The first kappa shape index (κ1) is 22.1. The first-order valence-corrected chi connectivity index (χ1v) is 10.6. The molecule has 0 spiro atoms. The van der Waals surface area contributed by atoms with Crippen molar-refractivity contribution < 1.29 is 13.9 Å². The fourth-order valence-corrected chi connectivity index (χ4v) is 3.94. The average Bonchev–Trinajstić information content (AvgIpc) is 3.51. The summed E-state index contributed by atoms with van der Waals surface area (Å²) in [5.74, 6) is -2.13. The van der Waals surface area contributed by atoms with E-state index in [-0.39, 0.29) is 17.3 Å². The number of nitrogens with zero attached hydrogens (tertiary/aromatic N) is 7. The van der Waals surface area contributed by atoms with Gasteiger partial charge in [-0.1, -0.05) is 18.2 Å². The van der Waals surface area contributed by atoms with Gasteiger partial charge in [-0.2, -0.15) is 10.4 Å². The molecular weight excluding hydrogens is 454 g/mol. The average molecular weight is 472 g/mol. The summed E-state index contributed by atoms with van der Waals surface area (Å²) in [6.45, 7) is 2.43. The molecule has 0 bridgehead atoms. The summed E-state index contributed by atoms with van der Waals surface area (Å²) in [6, 6.07) is 13.9. The molecule has 3 heterocycles. The highest BCUT2D eigenvalue weighted by Gasteiger charge is 2.27. The molecule has 0 aliphatic heterocycles. The SMILES string of the molecule is CCn1nccc1-c1c(-c2cccc(C#N)c2)nc(N)c2nc(C(O)c3c(F)cccc3F)nn12. The summed E-state index contributed by atoms with van der Waals surface area (Å²) in [6.07, 6.45) is -0.178. The zero-order chi connectivity index (χ0) is 24.7. The van der Waals surface area contributed by atoms with Crippen LogP contribution in [0.3, 0.4) is 0 Å². The molecule has 3 aromatic heterocycles. The molecule has 3 N–H and O–H groups in total. The number of nitriles is 1. The molecule has 1 unspecified atom stereocenters. The molecule has 35 heavy (non-hydrogen) atoms. The summed E-state index contributed by atoms with van der Waals surface area (Å²) >= 11 is 0. The molecule has 5 rings (SSSR count). The Bertz CT molecular complexity index is 1600. The van der Waals surface area contributed by atoms with E-state index < -0.39 is 23.3 Å². The lowest BCUT2D eigenvalue weighted by atomic mass is 10.0. The van der Waals surface area contributed by atoms with Crippen LogP contribution in [-0.2, 0) is 6.54 Å². The summed E-state index contributed by atoms with van der Waals surface area (Å²) in [5.41, 5.74) is 8.19. The number of aliphatic hydroxyl groups excluding tert-OH is 1. The minimum Gasteiger partial charge on any atom is -0.381 e. The zero-order valence-corrected chi connectivity index (χ0v) is 18.4. The van der Waals surface area contributed by atoms with E-state index in [0.29, 0.717) is 34.8 Å². The van der Waals surface area contributed by atoms with Crippen molar-refractivity contribution in [3.63, 3.8) is 0 Å². The number of anilines is 1. The predicted octanol–water partition coefficient (Wildman–Crippen LogP) is 3.49. The molecule has 9 nitrogen and oxygen atoms in total.